The van der Waals surface area contributed by atoms with Crippen molar-refractivity contribution in [2.45, 2.75) is 33.3 Å². The van der Waals surface area contributed by atoms with E-state index in [2.05, 4.69) is 25.2 Å². The molecule has 0 spiro atoms. The van der Waals surface area contributed by atoms with E-state index < -0.39 is 5.91 Å². The van der Waals surface area contributed by atoms with E-state index in [4.69, 9.17) is 15.2 Å². The van der Waals surface area contributed by atoms with Crippen LogP contribution in [-0.4, -0.2) is 18.4 Å². The van der Waals surface area contributed by atoms with E-state index in [9.17, 15) is 9.59 Å². The molecule has 0 radical (unpaired) electrons. The van der Waals surface area contributed by atoms with Crippen LogP contribution >= 0.6 is 0 Å². The van der Waals surface area contributed by atoms with Crippen molar-refractivity contribution in [3.63, 3.8) is 0 Å². The van der Waals surface area contributed by atoms with Crippen LogP contribution in [0.5, 0.6) is 11.5 Å². The lowest BCUT2D eigenvalue weighted by Gasteiger charge is -2.16. The molecule has 0 unspecified atom stereocenters. The highest BCUT2D eigenvalue weighted by molar-refractivity contribution is 6.04. The quantitative estimate of drug-likeness (QED) is 0.490. The first-order valence-corrected chi connectivity index (χ1v) is 10.6. The van der Waals surface area contributed by atoms with Gasteiger partial charge in [-0.3, -0.25) is 9.59 Å². The van der Waals surface area contributed by atoms with E-state index in [0.717, 1.165) is 16.9 Å². The van der Waals surface area contributed by atoms with Crippen molar-refractivity contribution in [3.05, 3.63) is 89.0 Å². The Morgan fingerprint density at radius 1 is 0.906 bits per heavy atom. The molecule has 166 valence electrons. The van der Waals surface area contributed by atoms with Gasteiger partial charge in [-0.05, 0) is 66.9 Å². The Bertz CT molecular complexity index is 1090. The van der Waals surface area contributed by atoms with Gasteiger partial charge in [0, 0.05) is 22.4 Å². The van der Waals surface area contributed by atoms with Gasteiger partial charge in [0.2, 0.25) is 5.91 Å². The van der Waals surface area contributed by atoms with Crippen LogP contribution in [-0.2, 0) is 6.61 Å². The lowest BCUT2D eigenvalue weighted by molar-refractivity contribution is 0.0998. The summed E-state index contributed by atoms with van der Waals surface area (Å²) in [6, 6.07) is 19.6. The first kappa shape index (κ1) is 22.9. The Labute approximate surface area is 188 Å². The van der Waals surface area contributed by atoms with Crippen LogP contribution in [0.3, 0.4) is 0 Å². The third-order valence-electron chi connectivity index (χ3n) is 4.97. The number of amides is 2. The molecule has 0 aliphatic carbocycles. The van der Waals surface area contributed by atoms with Gasteiger partial charge in [0.15, 0.2) is 0 Å². The first-order chi connectivity index (χ1) is 15.4. The normalized spacial score (nSPS) is 10.6. The highest BCUT2D eigenvalue weighted by Crippen LogP contribution is 2.28. The van der Waals surface area contributed by atoms with Crippen LogP contribution in [0.1, 0.15) is 58.5 Å². The van der Waals surface area contributed by atoms with E-state index in [1.54, 1.807) is 42.5 Å². The molecule has 0 saturated heterocycles. The number of anilines is 1. The third-order valence-corrected chi connectivity index (χ3v) is 4.97. The van der Waals surface area contributed by atoms with Crippen LogP contribution < -0.4 is 20.5 Å². The molecule has 3 aromatic carbocycles. The summed E-state index contributed by atoms with van der Waals surface area (Å²) in [7, 11) is 0. The number of hydrogen-bond donors (Lipinski definition) is 2. The Hall–Kier alpha value is -3.80. The fourth-order valence-electron chi connectivity index (χ4n) is 3.30. The van der Waals surface area contributed by atoms with Gasteiger partial charge in [0.1, 0.15) is 18.1 Å². The second kappa shape index (κ2) is 10.5. The lowest BCUT2D eigenvalue weighted by atomic mass is 10.0. The first-order valence-electron chi connectivity index (χ1n) is 10.6. The van der Waals surface area contributed by atoms with E-state index in [1.807, 2.05) is 25.1 Å². The molecule has 3 aromatic rings. The average molecular weight is 433 g/mol. The number of carbonyl (C=O) groups is 2. The Morgan fingerprint density at radius 2 is 1.59 bits per heavy atom. The maximum atomic E-state index is 12.8. The highest BCUT2D eigenvalue weighted by atomic mass is 16.5. The Kier molecular flexibility index (Phi) is 7.49. The summed E-state index contributed by atoms with van der Waals surface area (Å²) in [4.78, 5) is 24.0. The van der Waals surface area contributed by atoms with Crippen molar-refractivity contribution in [2.24, 2.45) is 5.73 Å². The molecule has 6 heteroatoms. The molecule has 32 heavy (non-hydrogen) atoms. The summed E-state index contributed by atoms with van der Waals surface area (Å²) >= 11 is 0. The van der Waals surface area contributed by atoms with E-state index >= 15 is 0 Å². The SMILES string of the molecule is CCOc1ccc(C(=O)Nc2ccc(C(N)=O)cc2)cc1COc1ccccc1C(C)C. The predicted octanol–water partition coefficient (Wildman–Crippen LogP) is 5.14. The van der Waals surface area contributed by atoms with Crippen molar-refractivity contribution >= 4 is 17.5 Å². The molecule has 0 aromatic heterocycles. The summed E-state index contributed by atoms with van der Waals surface area (Å²) in [5.74, 6) is 1.03. The minimum absolute atomic E-state index is 0.271. The van der Waals surface area contributed by atoms with Crippen molar-refractivity contribution in [3.8, 4) is 11.5 Å². The molecular weight excluding hydrogens is 404 g/mol. The van der Waals surface area contributed by atoms with Gasteiger partial charge in [-0.15, -0.1) is 0 Å². The fraction of sp³-hybridized carbons (Fsp3) is 0.231. The standard InChI is InChI=1S/C26H28N2O4/c1-4-31-23-14-11-19(26(30)28-21-12-9-18(10-13-21)25(27)29)15-20(23)16-32-24-8-6-5-7-22(24)17(2)3/h5-15,17H,4,16H2,1-3H3,(H2,27,29)(H,28,30). The molecule has 6 nitrogen and oxygen atoms in total. The van der Waals surface area contributed by atoms with Gasteiger partial charge in [-0.1, -0.05) is 32.0 Å². The average Bonchev–Trinajstić information content (AvgIpc) is 2.79. The number of para-hydroxylation sites is 1. The number of hydrogen-bond acceptors (Lipinski definition) is 4. The van der Waals surface area contributed by atoms with Gasteiger partial charge in [-0.2, -0.15) is 0 Å². The number of ether oxygens (including phenoxy) is 2. The second-order valence-corrected chi connectivity index (χ2v) is 7.63. The zero-order chi connectivity index (χ0) is 23.1. The molecule has 2 amide bonds. The molecule has 0 aliphatic heterocycles. The number of nitrogens with two attached hydrogens (primary N) is 1. The molecule has 0 bridgehead atoms. The van der Waals surface area contributed by atoms with Gasteiger partial charge >= 0.3 is 0 Å². The minimum Gasteiger partial charge on any atom is -0.493 e. The maximum Gasteiger partial charge on any atom is 0.255 e. The Morgan fingerprint density at radius 3 is 2.25 bits per heavy atom. The molecular formula is C26H28N2O4. The summed E-state index contributed by atoms with van der Waals surface area (Å²) in [6.45, 7) is 6.93. The van der Waals surface area contributed by atoms with Crippen LogP contribution in [0.2, 0.25) is 0 Å². The predicted molar refractivity (Wildman–Crippen MR) is 125 cm³/mol. The zero-order valence-electron chi connectivity index (χ0n) is 18.6. The van der Waals surface area contributed by atoms with Crippen molar-refractivity contribution < 1.29 is 19.1 Å². The molecule has 0 heterocycles. The summed E-state index contributed by atoms with van der Waals surface area (Å²) in [6.07, 6.45) is 0. The van der Waals surface area contributed by atoms with Crippen molar-refractivity contribution in [1.29, 1.82) is 0 Å². The van der Waals surface area contributed by atoms with Crippen LogP contribution in [0.15, 0.2) is 66.7 Å². The number of benzene rings is 3. The number of primary amides is 1. The number of nitrogens with one attached hydrogen (secondary N) is 1. The number of rotatable bonds is 9. The monoisotopic (exact) mass is 432 g/mol. The molecule has 0 aliphatic rings. The van der Waals surface area contributed by atoms with E-state index in [1.165, 1.54) is 0 Å². The molecule has 3 rings (SSSR count). The van der Waals surface area contributed by atoms with Crippen molar-refractivity contribution in [1.82, 2.24) is 0 Å². The smallest absolute Gasteiger partial charge is 0.255 e. The largest absolute Gasteiger partial charge is 0.493 e. The third kappa shape index (κ3) is 5.66. The molecule has 0 atom stereocenters. The van der Waals surface area contributed by atoms with Gasteiger partial charge in [0.25, 0.3) is 5.91 Å². The van der Waals surface area contributed by atoms with E-state index in [-0.39, 0.29) is 12.5 Å². The molecule has 0 fully saturated rings. The lowest BCUT2D eigenvalue weighted by Crippen LogP contribution is -2.14. The van der Waals surface area contributed by atoms with Crippen LogP contribution in [0.25, 0.3) is 0 Å². The van der Waals surface area contributed by atoms with E-state index in [0.29, 0.717) is 35.1 Å². The van der Waals surface area contributed by atoms with Gasteiger partial charge < -0.3 is 20.5 Å². The van der Waals surface area contributed by atoms with Crippen molar-refractivity contribution in [2.75, 3.05) is 11.9 Å². The van der Waals surface area contributed by atoms with Gasteiger partial charge in [0.05, 0.1) is 6.61 Å². The summed E-state index contributed by atoms with van der Waals surface area (Å²) in [5.41, 5.74) is 8.58. The topological polar surface area (TPSA) is 90.6 Å². The fourth-order valence-corrected chi connectivity index (χ4v) is 3.30. The zero-order valence-corrected chi connectivity index (χ0v) is 18.6. The minimum atomic E-state index is -0.516. The van der Waals surface area contributed by atoms with Gasteiger partial charge in [-0.25, -0.2) is 0 Å². The Balaban J connectivity index is 1.79. The molecule has 3 N–H and O–H groups in total. The van der Waals surface area contributed by atoms with Crippen LogP contribution in [0.4, 0.5) is 5.69 Å². The second-order valence-electron chi connectivity index (χ2n) is 7.63. The summed E-state index contributed by atoms with van der Waals surface area (Å²) < 4.78 is 11.8. The number of carbonyl (C=O) groups excluding carboxylic acids is 2. The maximum absolute atomic E-state index is 12.8. The summed E-state index contributed by atoms with van der Waals surface area (Å²) in [5, 5.41) is 2.83. The van der Waals surface area contributed by atoms with Crippen LogP contribution in [0, 0.1) is 0 Å². The molecule has 0 saturated carbocycles. The highest BCUT2D eigenvalue weighted by Gasteiger charge is 2.14.